The Morgan fingerprint density at radius 3 is 1.30 bits per heavy atom. The van der Waals surface area contributed by atoms with Crippen LogP contribution in [0.3, 0.4) is 0 Å². The summed E-state index contributed by atoms with van der Waals surface area (Å²) in [6, 6.07) is 0. The summed E-state index contributed by atoms with van der Waals surface area (Å²) in [4.78, 5) is 2.37. The molecule has 2 heteroatoms. The van der Waals surface area contributed by atoms with Crippen LogP contribution < -0.4 is 0 Å². The topological polar surface area (TPSA) is 23.5 Å². The second-order valence-corrected chi connectivity index (χ2v) is 7.72. The van der Waals surface area contributed by atoms with Crippen LogP contribution in [-0.2, 0) is 0 Å². The molecule has 0 aromatic rings. The molecule has 0 spiro atoms. The molecular formula is C21H43NO. The highest BCUT2D eigenvalue weighted by Crippen LogP contribution is 2.14. The number of aliphatic hydroxyl groups excluding tert-OH is 1. The Morgan fingerprint density at radius 2 is 0.957 bits per heavy atom. The van der Waals surface area contributed by atoms with Crippen molar-refractivity contribution in [3.05, 3.63) is 0 Å². The van der Waals surface area contributed by atoms with E-state index in [1.807, 2.05) is 0 Å². The highest BCUT2D eigenvalue weighted by atomic mass is 16.3. The molecule has 0 amide bonds. The Labute approximate surface area is 146 Å². The molecule has 0 atom stereocenters. The fraction of sp³-hybridized carbons (Fsp3) is 1.00. The third-order valence-electron chi connectivity index (χ3n) is 5.27. The summed E-state index contributed by atoms with van der Waals surface area (Å²) in [5.41, 5.74) is 0. The summed E-state index contributed by atoms with van der Waals surface area (Å²) in [7, 11) is 0. The molecule has 1 saturated heterocycles. The predicted molar refractivity (Wildman–Crippen MR) is 102 cm³/mol. The zero-order valence-electron chi connectivity index (χ0n) is 15.9. The van der Waals surface area contributed by atoms with E-state index in [4.69, 9.17) is 0 Å². The van der Waals surface area contributed by atoms with Gasteiger partial charge in [-0.2, -0.15) is 0 Å². The smallest absolute Gasteiger partial charge is 0.0793 e. The van der Waals surface area contributed by atoms with Gasteiger partial charge in [-0.15, -0.1) is 0 Å². The van der Waals surface area contributed by atoms with Crippen LogP contribution in [-0.4, -0.2) is 35.7 Å². The first-order chi connectivity index (χ1) is 11.3. The minimum absolute atomic E-state index is 0.0314. The molecule has 1 aliphatic heterocycles. The monoisotopic (exact) mass is 325 g/mol. The lowest BCUT2D eigenvalue weighted by atomic mass is 10.0. The van der Waals surface area contributed by atoms with Gasteiger partial charge in [0.05, 0.1) is 6.10 Å². The van der Waals surface area contributed by atoms with E-state index in [1.165, 1.54) is 109 Å². The third kappa shape index (κ3) is 12.9. The quantitative estimate of drug-likeness (QED) is 0.335. The number of rotatable bonds is 17. The maximum absolute atomic E-state index is 9.21. The van der Waals surface area contributed by atoms with Crippen molar-refractivity contribution in [2.75, 3.05) is 19.6 Å². The standard InChI is InChI=1S/C21H43NO/c1-2-3-4-5-6-7-8-9-10-11-12-13-14-15-16-17-18-22-19-21(23)20-22/h21,23H,2-20H2,1H3. The van der Waals surface area contributed by atoms with E-state index >= 15 is 0 Å². The summed E-state index contributed by atoms with van der Waals surface area (Å²) in [5.74, 6) is 0. The fourth-order valence-electron chi connectivity index (χ4n) is 3.61. The van der Waals surface area contributed by atoms with Crippen molar-refractivity contribution in [1.82, 2.24) is 4.90 Å². The van der Waals surface area contributed by atoms with E-state index in [1.54, 1.807) is 0 Å². The zero-order valence-corrected chi connectivity index (χ0v) is 15.9. The summed E-state index contributed by atoms with van der Waals surface area (Å²) in [5, 5.41) is 9.21. The summed E-state index contributed by atoms with van der Waals surface area (Å²) in [6.45, 7) is 5.33. The van der Waals surface area contributed by atoms with Crippen LogP contribution in [0.25, 0.3) is 0 Å². The number of likely N-dealkylation sites (tertiary alicyclic amines) is 1. The van der Waals surface area contributed by atoms with Gasteiger partial charge in [0, 0.05) is 13.1 Å². The Balaban J connectivity index is 1.63. The lowest BCUT2D eigenvalue weighted by molar-refractivity contribution is 0.00147. The summed E-state index contributed by atoms with van der Waals surface area (Å²) < 4.78 is 0. The van der Waals surface area contributed by atoms with Crippen LogP contribution in [0.5, 0.6) is 0 Å². The van der Waals surface area contributed by atoms with Crippen LogP contribution in [0.2, 0.25) is 0 Å². The molecule has 0 bridgehead atoms. The molecule has 1 fully saturated rings. The van der Waals surface area contributed by atoms with E-state index in [9.17, 15) is 5.11 Å². The molecule has 138 valence electrons. The zero-order chi connectivity index (χ0) is 16.6. The van der Waals surface area contributed by atoms with E-state index in [2.05, 4.69) is 11.8 Å². The minimum Gasteiger partial charge on any atom is -0.390 e. The number of hydrogen-bond acceptors (Lipinski definition) is 2. The number of nitrogens with zero attached hydrogens (tertiary/aromatic N) is 1. The first kappa shape index (κ1) is 21.0. The van der Waals surface area contributed by atoms with Gasteiger partial charge in [0.15, 0.2) is 0 Å². The van der Waals surface area contributed by atoms with Gasteiger partial charge in [0.1, 0.15) is 0 Å². The Morgan fingerprint density at radius 1 is 0.609 bits per heavy atom. The van der Waals surface area contributed by atoms with Crippen LogP contribution in [0, 0.1) is 0 Å². The molecule has 0 aliphatic carbocycles. The van der Waals surface area contributed by atoms with Crippen molar-refractivity contribution in [3.63, 3.8) is 0 Å². The number of unbranched alkanes of at least 4 members (excludes halogenated alkanes) is 15. The lowest BCUT2D eigenvalue weighted by Crippen LogP contribution is -2.50. The van der Waals surface area contributed by atoms with Gasteiger partial charge in [-0.3, -0.25) is 4.90 Å². The predicted octanol–water partition coefficient (Wildman–Crippen LogP) is 5.92. The van der Waals surface area contributed by atoms with Gasteiger partial charge < -0.3 is 5.11 Å². The van der Waals surface area contributed by atoms with Gasteiger partial charge in [-0.25, -0.2) is 0 Å². The Bertz CT molecular complexity index is 238. The highest BCUT2D eigenvalue weighted by molar-refractivity contribution is 4.78. The van der Waals surface area contributed by atoms with Gasteiger partial charge in [0.25, 0.3) is 0 Å². The average Bonchev–Trinajstić information content (AvgIpc) is 2.52. The fourth-order valence-corrected chi connectivity index (χ4v) is 3.61. The molecule has 0 aromatic heterocycles. The van der Waals surface area contributed by atoms with Crippen LogP contribution >= 0.6 is 0 Å². The molecule has 1 aliphatic rings. The Kier molecular flexibility index (Phi) is 14.1. The van der Waals surface area contributed by atoms with Crippen LogP contribution in [0.15, 0.2) is 0 Å². The van der Waals surface area contributed by atoms with E-state index in [-0.39, 0.29) is 6.10 Å². The van der Waals surface area contributed by atoms with Crippen molar-refractivity contribution in [3.8, 4) is 0 Å². The molecular weight excluding hydrogens is 282 g/mol. The van der Waals surface area contributed by atoms with Gasteiger partial charge in [-0.05, 0) is 13.0 Å². The molecule has 1 heterocycles. The molecule has 0 saturated carbocycles. The van der Waals surface area contributed by atoms with Crippen LogP contribution in [0.1, 0.15) is 110 Å². The maximum Gasteiger partial charge on any atom is 0.0793 e. The molecule has 23 heavy (non-hydrogen) atoms. The molecule has 0 unspecified atom stereocenters. The van der Waals surface area contributed by atoms with Crippen molar-refractivity contribution < 1.29 is 5.11 Å². The first-order valence-electron chi connectivity index (χ1n) is 10.7. The Hall–Kier alpha value is -0.0800. The second-order valence-electron chi connectivity index (χ2n) is 7.72. The molecule has 1 rings (SSSR count). The van der Waals surface area contributed by atoms with Gasteiger partial charge in [0.2, 0.25) is 0 Å². The first-order valence-corrected chi connectivity index (χ1v) is 10.7. The van der Waals surface area contributed by atoms with Crippen molar-refractivity contribution in [2.24, 2.45) is 0 Å². The van der Waals surface area contributed by atoms with Gasteiger partial charge in [-0.1, -0.05) is 103 Å². The SMILES string of the molecule is CCCCCCCCCCCCCCCCCCN1CC(O)C1. The van der Waals surface area contributed by atoms with Crippen molar-refractivity contribution in [2.45, 2.75) is 116 Å². The van der Waals surface area contributed by atoms with Gasteiger partial charge >= 0.3 is 0 Å². The normalized spacial score (nSPS) is 15.9. The van der Waals surface area contributed by atoms with E-state index < -0.39 is 0 Å². The number of hydrogen-bond donors (Lipinski definition) is 1. The van der Waals surface area contributed by atoms with E-state index in [0.717, 1.165) is 13.1 Å². The maximum atomic E-state index is 9.21. The summed E-state index contributed by atoms with van der Waals surface area (Å²) >= 11 is 0. The third-order valence-corrected chi connectivity index (χ3v) is 5.27. The average molecular weight is 326 g/mol. The highest BCUT2D eigenvalue weighted by Gasteiger charge is 2.22. The van der Waals surface area contributed by atoms with Crippen LogP contribution in [0.4, 0.5) is 0 Å². The molecule has 0 aromatic carbocycles. The lowest BCUT2D eigenvalue weighted by Gasteiger charge is -2.35. The molecule has 0 radical (unpaired) electrons. The van der Waals surface area contributed by atoms with E-state index in [0.29, 0.717) is 0 Å². The number of β-amino-alcohol motifs (C(OH)–C–C–N with tert-alkyl or cyclic N) is 1. The summed E-state index contributed by atoms with van der Waals surface area (Å²) in [6.07, 6.45) is 22.9. The molecule has 1 N–H and O–H groups in total. The second kappa shape index (κ2) is 15.4. The molecule has 2 nitrogen and oxygen atoms in total. The van der Waals surface area contributed by atoms with Crippen molar-refractivity contribution in [1.29, 1.82) is 0 Å². The van der Waals surface area contributed by atoms with Crippen molar-refractivity contribution >= 4 is 0 Å². The number of aliphatic hydroxyl groups is 1. The largest absolute Gasteiger partial charge is 0.390 e. The minimum atomic E-state index is -0.0314.